The highest BCUT2D eigenvalue weighted by molar-refractivity contribution is 7.99. The Morgan fingerprint density at radius 2 is 2.35 bits per heavy atom. The number of nitrogens with two attached hydrogens (primary N) is 1. The van der Waals surface area contributed by atoms with Crippen LogP contribution in [0.5, 0.6) is 0 Å². The third kappa shape index (κ3) is 3.28. The lowest BCUT2D eigenvalue weighted by molar-refractivity contribution is 0.751. The van der Waals surface area contributed by atoms with Crippen molar-refractivity contribution in [2.24, 2.45) is 0 Å². The number of rotatable bonds is 4. The number of hydrogen-bond donors (Lipinski definition) is 2. The molecule has 0 bridgehead atoms. The fraction of sp³-hybridized carbons (Fsp3) is 0.615. The van der Waals surface area contributed by atoms with E-state index in [0.29, 0.717) is 6.04 Å². The van der Waals surface area contributed by atoms with Gasteiger partial charge >= 0.3 is 0 Å². The van der Waals surface area contributed by atoms with Gasteiger partial charge in [-0.25, -0.2) is 4.98 Å². The lowest BCUT2D eigenvalue weighted by Crippen LogP contribution is -2.17. The van der Waals surface area contributed by atoms with Gasteiger partial charge in [-0.15, -0.1) is 0 Å². The van der Waals surface area contributed by atoms with E-state index in [1.165, 1.54) is 25.0 Å². The first-order valence-electron chi connectivity index (χ1n) is 6.29. The van der Waals surface area contributed by atoms with E-state index in [9.17, 15) is 0 Å². The monoisotopic (exact) mass is 251 g/mol. The van der Waals surface area contributed by atoms with Crippen LogP contribution in [0.25, 0.3) is 0 Å². The smallest absolute Gasteiger partial charge is 0.129 e. The fourth-order valence-corrected chi connectivity index (χ4v) is 3.54. The predicted molar refractivity (Wildman–Crippen MR) is 76.6 cm³/mol. The summed E-state index contributed by atoms with van der Waals surface area (Å²) in [5, 5.41) is 4.37. The summed E-state index contributed by atoms with van der Waals surface area (Å²) in [6, 6.07) is 2.55. The van der Waals surface area contributed by atoms with Crippen molar-refractivity contribution in [2.75, 3.05) is 16.8 Å². The number of nitrogen functional groups attached to an aromatic ring is 1. The summed E-state index contributed by atoms with van der Waals surface area (Å²) in [6.45, 7) is 4.29. The lowest BCUT2D eigenvalue weighted by atomic mass is 10.2. The van der Waals surface area contributed by atoms with Gasteiger partial charge in [0.25, 0.3) is 0 Å². The quantitative estimate of drug-likeness (QED) is 0.863. The van der Waals surface area contributed by atoms with Gasteiger partial charge in [0.2, 0.25) is 0 Å². The first kappa shape index (κ1) is 12.6. The molecule has 4 heteroatoms. The zero-order valence-corrected chi connectivity index (χ0v) is 11.4. The Morgan fingerprint density at radius 1 is 1.53 bits per heavy atom. The van der Waals surface area contributed by atoms with Gasteiger partial charge in [0.1, 0.15) is 5.82 Å². The van der Waals surface area contributed by atoms with Crippen molar-refractivity contribution >= 4 is 23.3 Å². The maximum absolute atomic E-state index is 5.70. The minimum absolute atomic E-state index is 0.578. The largest absolute Gasteiger partial charge is 0.397 e. The van der Waals surface area contributed by atoms with Crippen molar-refractivity contribution in [1.82, 2.24) is 4.98 Å². The molecule has 0 radical (unpaired) electrons. The SMILES string of the molecule is CCSC1CCC(Nc2ncc(N)cc2C)C1. The maximum Gasteiger partial charge on any atom is 0.129 e. The van der Waals surface area contributed by atoms with Gasteiger partial charge in [-0.3, -0.25) is 0 Å². The van der Waals surface area contributed by atoms with E-state index in [1.807, 2.05) is 6.07 Å². The van der Waals surface area contributed by atoms with Crippen LogP contribution in [0.1, 0.15) is 31.7 Å². The van der Waals surface area contributed by atoms with E-state index in [2.05, 4.69) is 35.9 Å². The number of pyridine rings is 1. The second kappa shape index (κ2) is 5.63. The number of nitrogens with zero attached hydrogens (tertiary/aromatic N) is 1. The molecule has 2 atom stereocenters. The van der Waals surface area contributed by atoms with Crippen molar-refractivity contribution in [3.63, 3.8) is 0 Å². The second-order valence-corrected chi connectivity index (χ2v) is 6.24. The molecule has 94 valence electrons. The summed E-state index contributed by atoms with van der Waals surface area (Å²) >= 11 is 2.08. The molecule has 0 aliphatic heterocycles. The van der Waals surface area contributed by atoms with E-state index < -0.39 is 0 Å². The first-order valence-corrected chi connectivity index (χ1v) is 7.34. The zero-order chi connectivity index (χ0) is 12.3. The molecule has 3 nitrogen and oxygen atoms in total. The average molecular weight is 251 g/mol. The number of thioether (sulfide) groups is 1. The highest BCUT2D eigenvalue weighted by Gasteiger charge is 2.24. The van der Waals surface area contributed by atoms with Crippen LogP contribution >= 0.6 is 11.8 Å². The van der Waals surface area contributed by atoms with Gasteiger partial charge in [-0.2, -0.15) is 11.8 Å². The first-order chi connectivity index (χ1) is 8.19. The number of aryl methyl sites for hydroxylation is 1. The van der Waals surface area contributed by atoms with Crippen molar-refractivity contribution in [2.45, 2.75) is 44.4 Å². The predicted octanol–water partition coefficient (Wildman–Crippen LogP) is 3.06. The molecule has 2 unspecified atom stereocenters. The summed E-state index contributed by atoms with van der Waals surface area (Å²) in [6.07, 6.45) is 5.56. The molecule has 1 aliphatic carbocycles. The van der Waals surface area contributed by atoms with Gasteiger partial charge < -0.3 is 11.1 Å². The van der Waals surface area contributed by atoms with Crippen LogP contribution < -0.4 is 11.1 Å². The summed E-state index contributed by atoms with van der Waals surface area (Å²) < 4.78 is 0. The van der Waals surface area contributed by atoms with Crippen LogP contribution in [0.3, 0.4) is 0 Å². The molecule has 0 saturated heterocycles. The van der Waals surface area contributed by atoms with Crippen LogP contribution in [-0.2, 0) is 0 Å². The minimum atomic E-state index is 0.578. The van der Waals surface area contributed by atoms with E-state index >= 15 is 0 Å². The van der Waals surface area contributed by atoms with Crippen LogP contribution in [0.2, 0.25) is 0 Å². The standard InChI is InChI=1S/C13H21N3S/c1-3-17-12-5-4-11(7-12)16-13-9(2)6-10(14)8-15-13/h6,8,11-12H,3-5,7,14H2,1-2H3,(H,15,16). The molecule has 3 N–H and O–H groups in total. The van der Waals surface area contributed by atoms with Crippen LogP contribution in [0.15, 0.2) is 12.3 Å². The number of aromatic nitrogens is 1. The summed E-state index contributed by atoms with van der Waals surface area (Å²) in [5.41, 5.74) is 7.57. The van der Waals surface area contributed by atoms with Crippen LogP contribution in [-0.4, -0.2) is 22.0 Å². The number of anilines is 2. The Hall–Kier alpha value is -0.900. The summed E-state index contributed by atoms with van der Waals surface area (Å²) in [4.78, 5) is 4.37. The van der Waals surface area contributed by atoms with Crippen LogP contribution in [0, 0.1) is 6.92 Å². The molecule has 1 aromatic rings. The molecular formula is C13H21N3S. The normalized spacial score (nSPS) is 23.9. The molecule has 0 spiro atoms. The summed E-state index contributed by atoms with van der Waals surface area (Å²) in [7, 11) is 0. The lowest BCUT2D eigenvalue weighted by Gasteiger charge is -2.15. The van der Waals surface area contributed by atoms with Crippen LogP contribution in [0.4, 0.5) is 11.5 Å². The molecule has 1 heterocycles. The van der Waals surface area contributed by atoms with Crippen molar-refractivity contribution < 1.29 is 0 Å². The number of nitrogens with one attached hydrogen (secondary N) is 1. The van der Waals surface area contributed by atoms with Gasteiger partial charge in [0.15, 0.2) is 0 Å². The fourth-order valence-electron chi connectivity index (χ4n) is 2.40. The molecule has 1 aliphatic rings. The Kier molecular flexibility index (Phi) is 4.15. The Labute approximate surface area is 108 Å². The Bertz CT molecular complexity index is 381. The highest BCUT2D eigenvalue weighted by atomic mass is 32.2. The Morgan fingerprint density at radius 3 is 3.06 bits per heavy atom. The minimum Gasteiger partial charge on any atom is -0.397 e. The molecule has 17 heavy (non-hydrogen) atoms. The van der Waals surface area contributed by atoms with Gasteiger partial charge in [-0.05, 0) is 43.6 Å². The average Bonchev–Trinajstić information content (AvgIpc) is 2.71. The molecule has 2 rings (SSSR count). The van der Waals surface area contributed by atoms with Gasteiger partial charge in [0.05, 0.1) is 11.9 Å². The van der Waals surface area contributed by atoms with E-state index in [1.54, 1.807) is 6.20 Å². The zero-order valence-electron chi connectivity index (χ0n) is 10.6. The molecule has 1 aromatic heterocycles. The van der Waals surface area contributed by atoms with E-state index in [-0.39, 0.29) is 0 Å². The molecular weight excluding hydrogens is 230 g/mol. The van der Waals surface area contributed by atoms with Crippen molar-refractivity contribution in [3.8, 4) is 0 Å². The molecule has 0 aromatic carbocycles. The topological polar surface area (TPSA) is 50.9 Å². The van der Waals surface area contributed by atoms with Gasteiger partial charge in [-0.1, -0.05) is 6.92 Å². The molecule has 1 fully saturated rings. The Balaban J connectivity index is 1.93. The third-order valence-electron chi connectivity index (χ3n) is 3.23. The maximum atomic E-state index is 5.70. The summed E-state index contributed by atoms with van der Waals surface area (Å²) in [5.74, 6) is 2.21. The van der Waals surface area contributed by atoms with E-state index in [0.717, 1.165) is 22.3 Å². The van der Waals surface area contributed by atoms with E-state index in [4.69, 9.17) is 5.73 Å². The highest BCUT2D eigenvalue weighted by Crippen LogP contribution is 2.31. The van der Waals surface area contributed by atoms with Crippen molar-refractivity contribution in [3.05, 3.63) is 17.8 Å². The van der Waals surface area contributed by atoms with Gasteiger partial charge in [0, 0.05) is 11.3 Å². The van der Waals surface area contributed by atoms with Crippen molar-refractivity contribution in [1.29, 1.82) is 0 Å². The number of hydrogen-bond acceptors (Lipinski definition) is 4. The molecule has 0 amide bonds. The third-order valence-corrected chi connectivity index (χ3v) is 4.46. The second-order valence-electron chi connectivity index (χ2n) is 4.67. The molecule has 1 saturated carbocycles.